The van der Waals surface area contributed by atoms with E-state index in [0.29, 0.717) is 12.2 Å². The van der Waals surface area contributed by atoms with E-state index in [1.54, 1.807) is 35.7 Å². The van der Waals surface area contributed by atoms with Crippen LogP contribution >= 0.6 is 0 Å². The number of hydrogen-bond acceptors (Lipinski definition) is 6. The summed E-state index contributed by atoms with van der Waals surface area (Å²) < 4.78 is 36.7. The zero-order valence-corrected chi connectivity index (χ0v) is 23.4. The molecule has 37 heavy (non-hydrogen) atoms. The molecule has 1 aliphatic rings. The number of aryl methyl sites for hydroxylation is 1. The van der Waals surface area contributed by atoms with Crippen molar-refractivity contribution in [3.63, 3.8) is 0 Å². The van der Waals surface area contributed by atoms with Crippen molar-refractivity contribution in [3.05, 3.63) is 65.9 Å². The predicted molar refractivity (Wildman–Crippen MR) is 148 cm³/mol. The Balaban J connectivity index is 1.78. The molecule has 0 amide bonds. The van der Waals surface area contributed by atoms with Crippen molar-refractivity contribution in [1.29, 1.82) is 0 Å². The van der Waals surface area contributed by atoms with Crippen LogP contribution in [0.1, 0.15) is 38.4 Å². The fourth-order valence-corrected chi connectivity index (χ4v) is 6.48. The van der Waals surface area contributed by atoms with Gasteiger partial charge < -0.3 is 14.5 Å². The summed E-state index contributed by atoms with van der Waals surface area (Å²) in [7, 11) is -2.18. The molecule has 9 heteroatoms. The van der Waals surface area contributed by atoms with Gasteiger partial charge in [-0.05, 0) is 63.2 Å². The van der Waals surface area contributed by atoms with Gasteiger partial charge in [-0.2, -0.15) is 9.40 Å². The monoisotopic (exact) mass is 525 g/mol. The number of aromatic nitrogens is 2. The summed E-state index contributed by atoms with van der Waals surface area (Å²) in [5.41, 5.74) is 2.76. The second kappa shape index (κ2) is 11.7. The molecule has 0 bridgehead atoms. The average Bonchev–Trinajstić information content (AvgIpc) is 3.27. The molecular formula is C28H39N5O3S. The molecule has 0 spiro atoms. The molecule has 3 aromatic rings. The Bertz CT molecular complexity index is 1270. The third-order valence-corrected chi connectivity index (χ3v) is 9.31. The topological polar surface area (TPSA) is 70.9 Å². The Morgan fingerprint density at radius 2 is 1.65 bits per heavy atom. The molecule has 0 N–H and O–H groups in total. The van der Waals surface area contributed by atoms with Crippen LogP contribution in [-0.4, -0.2) is 73.3 Å². The Morgan fingerprint density at radius 1 is 1.00 bits per heavy atom. The molecular weight excluding hydrogens is 486 g/mol. The van der Waals surface area contributed by atoms with E-state index >= 15 is 0 Å². The fraction of sp³-hybridized carbons (Fsp3) is 0.464. The molecule has 1 saturated heterocycles. The number of methoxy groups -OCH3 is 1. The van der Waals surface area contributed by atoms with Gasteiger partial charge in [0.15, 0.2) is 0 Å². The lowest BCUT2D eigenvalue weighted by molar-refractivity contribution is 0.269. The van der Waals surface area contributed by atoms with Crippen LogP contribution in [0.25, 0.3) is 5.69 Å². The Hall–Kier alpha value is -2.88. The van der Waals surface area contributed by atoms with Gasteiger partial charge >= 0.3 is 0 Å². The molecule has 1 aliphatic heterocycles. The smallest absolute Gasteiger partial charge is 0.243 e. The lowest BCUT2D eigenvalue weighted by Gasteiger charge is -2.36. The maximum Gasteiger partial charge on any atom is 0.243 e. The van der Waals surface area contributed by atoms with Crippen LogP contribution in [0.3, 0.4) is 0 Å². The number of nitrogens with zero attached hydrogens (tertiary/aromatic N) is 5. The Morgan fingerprint density at radius 3 is 2.22 bits per heavy atom. The lowest BCUT2D eigenvalue weighted by Crippen LogP contribution is -2.47. The highest BCUT2D eigenvalue weighted by atomic mass is 32.2. The highest BCUT2D eigenvalue weighted by molar-refractivity contribution is 7.89. The fourth-order valence-electron chi connectivity index (χ4n) is 4.80. The maximum absolute atomic E-state index is 13.9. The second-order valence-corrected chi connectivity index (χ2v) is 11.4. The molecule has 1 aromatic heterocycles. The number of piperazine rings is 1. The van der Waals surface area contributed by atoms with E-state index in [9.17, 15) is 8.42 Å². The summed E-state index contributed by atoms with van der Waals surface area (Å²) in [5, 5.41) is 4.93. The SMILES string of the molecule is CCC(C)N(Cc1c(C)nn(-c2ccccc2)c1N1CCN(CC)CC1)S(=O)(=O)c1ccc(OC)cc1. The minimum absolute atomic E-state index is 0.184. The predicted octanol–water partition coefficient (Wildman–Crippen LogP) is 4.32. The van der Waals surface area contributed by atoms with Gasteiger partial charge in [0.25, 0.3) is 0 Å². The molecule has 1 unspecified atom stereocenters. The number of likely N-dealkylation sites (N-methyl/N-ethyl adjacent to an activating group) is 1. The first kappa shape index (κ1) is 27.2. The van der Waals surface area contributed by atoms with Crippen molar-refractivity contribution in [2.45, 2.75) is 51.6 Å². The first-order valence-electron chi connectivity index (χ1n) is 13.1. The van der Waals surface area contributed by atoms with Crippen LogP contribution in [0.15, 0.2) is 59.5 Å². The zero-order valence-electron chi connectivity index (χ0n) is 22.6. The van der Waals surface area contributed by atoms with Crippen LogP contribution < -0.4 is 9.64 Å². The number of anilines is 1. The number of ether oxygens (including phenoxy) is 1. The molecule has 200 valence electrons. The van der Waals surface area contributed by atoms with Gasteiger partial charge in [0, 0.05) is 44.3 Å². The molecule has 2 aromatic carbocycles. The number of rotatable bonds is 10. The minimum Gasteiger partial charge on any atom is -0.497 e. The average molecular weight is 526 g/mol. The van der Waals surface area contributed by atoms with Crippen LogP contribution in [0.5, 0.6) is 5.75 Å². The normalized spacial score (nSPS) is 15.8. The zero-order chi connectivity index (χ0) is 26.6. The Labute approximate surface area is 221 Å². The van der Waals surface area contributed by atoms with Gasteiger partial charge in [0.2, 0.25) is 10.0 Å². The van der Waals surface area contributed by atoms with Gasteiger partial charge in [-0.1, -0.05) is 32.0 Å². The summed E-state index contributed by atoms with van der Waals surface area (Å²) in [6, 6.07) is 16.5. The summed E-state index contributed by atoms with van der Waals surface area (Å²) in [6.45, 7) is 13.1. The summed E-state index contributed by atoms with van der Waals surface area (Å²) >= 11 is 0. The van der Waals surface area contributed by atoms with E-state index in [2.05, 4.69) is 16.7 Å². The van der Waals surface area contributed by atoms with Crippen LogP contribution in [-0.2, 0) is 16.6 Å². The van der Waals surface area contributed by atoms with E-state index in [1.165, 1.54) is 0 Å². The molecule has 0 aliphatic carbocycles. The first-order chi connectivity index (χ1) is 17.8. The molecule has 0 saturated carbocycles. The lowest BCUT2D eigenvalue weighted by atomic mass is 10.1. The highest BCUT2D eigenvalue weighted by Gasteiger charge is 2.33. The van der Waals surface area contributed by atoms with Crippen LogP contribution in [0.2, 0.25) is 0 Å². The molecule has 0 radical (unpaired) electrons. The van der Waals surface area contributed by atoms with E-state index in [0.717, 1.165) is 55.5 Å². The third-order valence-electron chi connectivity index (χ3n) is 7.34. The van der Waals surface area contributed by atoms with E-state index in [4.69, 9.17) is 9.84 Å². The van der Waals surface area contributed by atoms with E-state index in [-0.39, 0.29) is 17.5 Å². The van der Waals surface area contributed by atoms with Gasteiger partial charge in [-0.15, -0.1) is 0 Å². The maximum atomic E-state index is 13.9. The standard InChI is InChI=1S/C28H39N5O3S/c1-6-22(3)32(37(34,35)26-15-13-25(36-5)14-16-26)21-27-23(4)29-33(24-11-9-8-10-12-24)28(27)31-19-17-30(7-2)18-20-31/h8-16,22H,6-7,17-21H2,1-5H3. The van der Waals surface area contributed by atoms with Crippen molar-refractivity contribution in [2.24, 2.45) is 0 Å². The van der Waals surface area contributed by atoms with Gasteiger partial charge in [0.1, 0.15) is 11.6 Å². The second-order valence-electron chi connectivity index (χ2n) is 9.54. The van der Waals surface area contributed by atoms with Gasteiger partial charge in [-0.3, -0.25) is 0 Å². The van der Waals surface area contributed by atoms with E-state index < -0.39 is 10.0 Å². The quantitative estimate of drug-likeness (QED) is 0.393. The van der Waals surface area contributed by atoms with Crippen molar-refractivity contribution < 1.29 is 13.2 Å². The number of sulfonamides is 1. The van der Waals surface area contributed by atoms with Crippen molar-refractivity contribution in [2.75, 3.05) is 44.7 Å². The van der Waals surface area contributed by atoms with Gasteiger partial charge in [0.05, 0.1) is 23.4 Å². The molecule has 1 atom stereocenters. The number of para-hydroxylation sites is 1. The number of benzene rings is 2. The third kappa shape index (κ3) is 5.68. The molecule has 2 heterocycles. The van der Waals surface area contributed by atoms with Crippen molar-refractivity contribution in [1.82, 2.24) is 19.0 Å². The Kier molecular flexibility index (Phi) is 8.56. The largest absolute Gasteiger partial charge is 0.497 e. The van der Waals surface area contributed by atoms with Crippen LogP contribution in [0, 0.1) is 6.92 Å². The summed E-state index contributed by atoms with van der Waals surface area (Å²) in [5.74, 6) is 1.61. The minimum atomic E-state index is -3.75. The summed E-state index contributed by atoms with van der Waals surface area (Å²) in [6.07, 6.45) is 0.700. The first-order valence-corrected chi connectivity index (χ1v) is 14.5. The van der Waals surface area contributed by atoms with Crippen molar-refractivity contribution >= 4 is 15.8 Å². The number of hydrogen-bond donors (Lipinski definition) is 0. The molecule has 8 nitrogen and oxygen atoms in total. The van der Waals surface area contributed by atoms with Gasteiger partial charge in [-0.25, -0.2) is 13.1 Å². The van der Waals surface area contributed by atoms with Crippen molar-refractivity contribution in [3.8, 4) is 11.4 Å². The molecule has 1 fully saturated rings. The van der Waals surface area contributed by atoms with Crippen LogP contribution in [0.4, 0.5) is 5.82 Å². The highest BCUT2D eigenvalue weighted by Crippen LogP contribution is 2.32. The molecule has 4 rings (SSSR count). The summed E-state index contributed by atoms with van der Waals surface area (Å²) in [4.78, 5) is 5.06. The van der Waals surface area contributed by atoms with E-state index in [1.807, 2.05) is 55.8 Å².